The van der Waals surface area contributed by atoms with Crippen molar-refractivity contribution in [2.24, 2.45) is 5.73 Å². The summed E-state index contributed by atoms with van der Waals surface area (Å²) < 4.78 is 5.29. The molecule has 0 fully saturated rings. The molecular formula is C13H16N2O4. The normalized spacial score (nSPS) is 10.4. The molecule has 0 spiro atoms. The van der Waals surface area contributed by atoms with Gasteiger partial charge in [0.15, 0.2) is 6.61 Å². The van der Waals surface area contributed by atoms with Gasteiger partial charge in [0.05, 0.1) is 6.61 Å². The van der Waals surface area contributed by atoms with E-state index in [1.807, 2.05) is 31.2 Å². The minimum atomic E-state index is -0.657. The fraction of sp³-hybridized carbons (Fsp3) is 0.231. The highest BCUT2D eigenvalue weighted by Crippen LogP contribution is 2.12. The van der Waals surface area contributed by atoms with Crippen LogP contribution in [0.1, 0.15) is 12.5 Å². The van der Waals surface area contributed by atoms with Gasteiger partial charge >= 0.3 is 0 Å². The lowest BCUT2D eigenvalue weighted by Gasteiger charge is -2.02. The molecule has 0 saturated carbocycles. The molecule has 0 aliphatic rings. The summed E-state index contributed by atoms with van der Waals surface area (Å²) in [6.07, 6.45) is 2.90. The van der Waals surface area contributed by atoms with Crippen LogP contribution in [0, 0.1) is 0 Å². The summed E-state index contributed by atoms with van der Waals surface area (Å²) in [5, 5.41) is 0. The van der Waals surface area contributed by atoms with E-state index in [9.17, 15) is 9.59 Å². The molecule has 19 heavy (non-hydrogen) atoms. The second-order valence-electron chi connectivity index (χ2n) is 3.56. The second kappa shape index (κ2) is 7.88. The van der Waals surface area contributed by atoms with Gasteiger partial charge in [0.1, 0.15) is 5.75 Å². The van der Waals surface area contributed by atoms with Crippen LogP contribution in [0.15, 0.2) is 30.3 Å². The van der Waals surface area contributed by atoms with Crippen molar-refractivity contribution >= 4 is 17.9 Å². The number of primary amides is 1. The van der Waals surface area contributed by atoms with Crippen LogP contribution >= 0.6 is 0 Å². The zero-order chi connectivity index (χ0) is 14.1. The third kappa shape index (κ3) is 6.23. The number of nitrogens with two attached hydrogens (primary N) is 1. The van der Waals surface area contributed by atoms with Crippen molar-refractivity contribution < 1.29 is 19.2 Å². The lowest BCUT2D eigenvalue weighted by molar-refractivity contribution is -0.134. The molecule has 1 rings (SSSR count). The zero-order valence-corrected chi connectivity index (χ0v) is 10.6. The number of carbonyl (C=O) groups excluding carboxylic acids is 2. The molecule has 0 aliphatic carbocycles. The van der Waals surface area contributed by atoms with Gasteiger partial charge < -0.3 is 10.5 Å². The van der Waals surface area contributed by atoms with E-state index in [0.717, 1.165) is 11.3 Å². The van der Waals surface area contributed by atoms with Crippen molar-refractivity contribution in [2.45, 2.75) is 6.92 Å². The smallest absolute Gasteiger partial charge is 0.267 e. The molecule has 0 bridgehead atoms. The van der Waals surface area contributed by atoms with Gasteiger partial charge in [0.25, 0.3) is 5.91 Å². The van der Waals surface area contributed by atoms with E-state index >= 15 is 0 Å². The molecule has 0 saturated heterocycles. The van der Waals surface area contributed by atoms with E-state index in [4.69, 9.17) is 10.5 Å². The van der Waals surface area contributed by atoms with Gasteiger partial charge in [0.2, 0.25) is 5.91 Å². The molecule has 0 atom stereocenters. The third-order valence-corrected chi connectivity index (χ3v) is 2.01. The number of benzene rings is 1. The van der Waals surface area contributed by atoms with Crippen molar-refractivity contribution in [3.8, 4) is 5.75 Å². The van der Waals surface area contributed by atoms with E-state index < -0.39 is 11.8 Å². The van der Waals surface area contributed by atoms with Crippen molar-refractivity contribution in [3.05, 3.63) is 35.9 Å². The van der Waals surface area contributed by atoms with Gasteiger partial charge in [-0.25, -0.2) is 5.48 Å². The average molecular weight is 264 g/mol. The fourth-order valence-electron chi connectivity index (χ4n) is 1.23. The maximum Gasteiger partial charge on any atom is 0.267 e. The lowest BCUT2D eigenvalue weighted by Crippen LogP contribution is -2.28. The van der Waals surface area contributed by atoms with Crippen LogP contribution in [0.5, 0.6) is 5.75 Å². The van der Waals surface area contributed by atoms with Crippen molar-refractivity contribution in [2.75, 3.05) is 13.2 Å². The largest absolute Gasteiger partial charge is 0.494 e. The van der Waals surface area contributed by atoms with E-state index in [-0.39, 0.29) is 6.61 Å². The standard InChI is InChI=1S/C13H16N2O4/c1-2-18-11-6-3-10(4-7-11)5-8-13(17)15-19-9-12(14)16/h3-8H,2,9H2,1H3,(H2,14,16)(H,15,17)/b8-5+. The SMILES string of the molecule is CCOc1ccc(/C=C/C(=O)NOCC(N)=O)cc1. The molecule has 1 aromatic rings. The number of hydrogen-bond donors (Lipinski definition) is 2. The van der Waals surface area contributed by atoms with Crippen LogP contribution in [0.25, 0.3) is 6.08 Å². The van der Waals surface area contributed by atoms with Crippen molar-refractivity contribution in [1.29, 1.82) is 0 Å². The summed E-state index contributed by atoms with van der Waals surface area (Å²) in [5.74, 6) is -0.361. The quantitative estimate of drug-likeness (QED) is 0.558. The Hall–Kier alpha value is -2.34. The lowest BCUT2D eigenvalue weighted by atomic mass is 10.2. The molecule has 6 heteroatoms. The highest BCUT2D eigenvalue weighted by molar-refractivity contribution is 5.91. The monoisotopic (exact) mass is 264 g/mol. The van der Waals surface area contributed by atoms with Gasteiger partial charge in [-0.05, 0) is 30.7 Å². The molecule has 0 aliphatic heterocycles. The van der Waals surface area contributed by atoms with E-state index in [0.29, 0.717) is 6.61 Å². The van der Waals surface area contributed by atoms with Gasteiger partial charge in [-0.3, -0.25) is 14.4 Å². The third-order valence-electron chi connectivity index (χ3n) is 2.01. The van der Waals surface area contributed by atoms with E-state index in [2.05, 4.69) is 10.3 Å². The Labute approximate surface area is 111 Å². The Kier molecular flexibility index (Phi) is 6.11. The Morgan fingerprint density at radius 3 is 2.58 bits per heavy atom. The van der Waals surface area contributed by atoms with Crippen LogP contribution in [-0.2, 0) is 14.4 Å². The average Bonchev–Trinajstić information content (AvgIpc) is 2.38. The molecular weight excluding hydrogens is 248 g/mol. The molecule has 0 unspecified atom stereocenters. The number of hydrogen-bond acceptors (Lipinski definition) is 4. The van der Waals surface area contributed by atoms with Gasteiger partial charge in [-0.15, -0.1) is 0 Å². The molecule has 3 N–H and O–H groups in total. The van der Waals surface area contributed by atoms with E-state index in [1.165, 1.54) is 6.08 Å². The van der Waals surface area contributed by atoms with Crippen LogP contribution in [0.2, 0.25) is 0 Å². The highest BCUT2D eigenvalue weighted by Gasteiger charge is 1.98. The first kappa shape index (κ1) is 14.7. The fourth-order valence-corrected chi connectivity index (χ4v) is 1.23. The number of ether oxygens (including phenoxy) is 1. The van der Waals surface area contributed by atoms with Crippen molar-refractivity contribution in [3.63, 3.8) is 0 Å². The number of nitrogens with one attached hydrogen (secondary N) is 1. The van der Waals surface area contributed by atoms with Gasteiger partial charge in [-0.2, -0.15) is 0 Å². The van der Waals surface area contributed by atoms with Gasteiger partial charge in [0, 0.05) is 6.08 Å². The van der Waals surface area contributed by atoms with Crippen molar-refractivity contribution in [1.82, 2.24) is 5.48 Å². The van der Waals surface area contributed by atoms with Crippen LogP contribution in [-0.4, -0.2) is 25.0 Å². The minimum Gasteiger partial charge on any atom is -0.494 e. The number of carbonyl (C=O) groups is 2. The number of rotatable bonds is 7. The molecule has 2 amide bonds. The first-order chi connectivity index (χ1) is 9.11. The summed E-state index contributed by atoms with van der Waals surface area (Å²) in [5.41, 5.74) is 7.74. The van der Waals surface area contributed by atoms with Gasteiger partial charge in [-0.1, -0.05) is 12.1 Å². The number of hydroxylamine groups is 1. The Morgan fingerprint density at radius 1 is 1.32 bits per heavy atom. The summed E-state index contributed by atoms with van der Waals surface area (Å²) in [7, 11) is 0. The van der Waals surface area contributed by atoms with Crippen LogP contribution in [0.3, 0.4) is 0 Å². The van der Waals surface area contributed by atoms with Crippen LogP contribution < -0.4 is 16.0 Å². The molecule has 6 nitrogen and oxygen atoms in total. The van der Waals surface area contributed by atoms with E-state index in [1.54, 1.807) is 6.08 Å². The predicted molar refractivity (Wildman–Crippen MR) is 69.9 cm³/mol. The summed E-state index contributed by atoms with van der Waals surface area (Å²) >= 11 is 0. The molecule has 102 valence electrons. The molecule has 0 heterocycles. The summed E-state index contributed by atoms with van der Waals surface area (Å²) in [6.45, 7) is 2.15. The summed E-state index contributed by atoms with van der Waals surface area (Å²) in [4.78, 5) is 26.2. The Morgan fingerprint density at radius 2 is 2.00 bits per heavy atom. The maximum atomic E-state index is 11.3. The first-order valence-electron chi connectivity index (χ1n) is 5.73. The number of amides is 2. The van der Waals surface area contributed by atoms with Crippen LogP contribution in [0.4, 0.5) is 0 Å². The first-order valence-corrected chi connectivity index (χ1v) is 5.73. The Balaban J connectivity index is 2.42. The maximum absolute atomic E-state index is 11.3. The summed E-state index contributed by atoms with van der Waals surface area (Å²) in [6, 6.07) is 7.26. The molecule has 1 aromatic carbocycles. The molecule has 0 radical (unpaired) electrons. The zero-order valence-electron chi connectivity index (χ0n) is 10.6. The highest BCUT2D eigenvalue weighted by atomic mass is 16.7. The second-order valence-corrected chi connectivity index (χ2v) is 3.56. The Bertz CT molecular complexity index is 454. The topological polar surface area (TPSA) is 90.7 Å². The molecule has 0 aromatic heterocycles. The predicted octanol–water partition coefficient (Wildman–Crippen LogP) is 0.632. The minimum absolute atomic E-state index is 0.358.